The van der Waals surface area contributed by atoms with E-state index in [2.05, 4.69) is 11.1 Å². The first-order valence-electron chi connectivity index (χ1n) is 8.57. The Labute approximate surface area is 163 Å². The van der Waals surface area contributed by atoms with Gasteiger partial charge < -0.3 is 0 Å². The van der Waals surface area contributed by atoms with Crippen molar-refractivity contribution in [2.75, 3.05) is 0 Å². The highest BCUT2D eigenvalue weighted by atomic mass is 32.2. The van der Waals surface area contributed by atoms with Crippen molar-refractivity contribution < 1.29 is 4.79 Å². The molecule has 0 heterocycles. The monoisotopic (exact) mass is 370 g/mol. The summed E-state index contributed by atoms with van der Waals surface area (Å²) in [6.45, 7) is 0. The average Bonchev–Trinajstić information content (AvgIpc) is 2.74. The fourth-order valence-electron chi connectivity index (χ4n) is 2.54. The number of para-hydroxylation sites is 1. The van der Waals surface area contributed by atoms with Gasteiger partial charge in [0.1, 0.15) is 0 Å². The number of thioether (sulfide) groups is 1. The molecule has 0 amide bonds. The molecule has 0 aliphatic carbocycles. The lowest BCUT2D eigenvalue weighted by Crippen LogP contribution is -2.21. The molecular weight excluding hydrogens is 352 g/mol. The number of rotatable bonds is 6. The Kier molecular flexibility index (Phi) is 6.56. The molecule has 3 aromatic carbocycles. The molecule has 0 saturated carbocycles. The summed E-state index contributed by atoms with van der Waals surface area (Å²) in [6.07, 6.45) is 0. The van der Waals surface area contributed by atoms with Gasteiger partial charge in [-0.3, -0.25) is 4.79 Å². The Morgan fingerprint density at radius 3 is 2.04 bits per heavy atom. The molecule has 0 aliphatic heterocycles. The Morgan fingerprint density at radius 1 is 0.889 bits per heavy atom. The van der Waals surface area contributed by atoms with Gasteiger partial charge in [-0.2, -0.15) is 5.26 Å². The van der Waals surface area contributed by atoms with Gasteiger partial charge in [-0.1, -0.05) is 78.9 Å². The van der Waals surface area contributed by atoms with E-state index < -0.39 is 5.92 Å². The minimum atomic E-state index is -0.929. The molecule has 0 saturated heterocycles. The van der Waals surface area contributed by atoms with Gasteiger partial charge in [-0.25, -0.2) is 4.99 Å². The molecule has 0 N–H and O–H groups in total. The van der Waals surface area contributed by atoms with Crippen molar-refractivity contribution >= 4 is 28.3 Å². The number of nitrogens with zero attached hydrogens (tertiary/aromatic N) is 2. The topological polar surface area (TPSA) is 53.2 Å². The van der Waals surface area contributed by atoms with Crippen LogP contribution < -0.4 is 0 Å². The van der Waals surface area contributed by atoms with Gasteiger partial charge in [-0.15, -0.1) is 11.8 Å². The lowest BCUT2D eigenvalue weighted by Gasteiger charge is -2.12. The molecular formula is C23H18N2OS. The van der Waals surface area contributed by atoms with Gasteiger partial charge in [0.15, 0.2) is 11.7 Å². The number of carbonyl (C=O) groups is 1. The standard InChI is InChI=1S/C23H18N2OS/c24-16-21(22(26)19-12-6-2-7-13-19)23(25-20-14-8-3-9-15-20)27-17-18-10-4-1-5-11-18/h1-15,21H,17H2. The lowest BCUT2D eigenvalue weighted by atomic mass is 10.00. The second-order valence-corrected chi connectivity index (χ2v) is 6.85. The van der Waals surface area contributed by atoms with Crippen molar-refractivity contribution in [3.05, 3.63) is 102 Å². The van der Waals surface area contributed by atoms with Crippen LogP contribution >= 0.6 is 11.8 Å². The third kappa shape index (κ3) is 5.16. The van der Waals surface area contributed by atoms with Gasteiger partial charge in [0.2, 0.25) is 0 Å². The summed E-state index contributed by atoms with van der Waals surface area (Å²) in [7, 11) is 0. The summed E-state index contributed by atoms with van der Waals surface area (Å²) >= 11 is 1.43. The van der Waals surface area contributed by atoms with Crippen molar-refractivity contribution in [1.29, 1.82) is 5.26 Å². The number of aliphatic imine (C=N–C) groups is 1. The molecule has 0 fully saturated rings. The van der Waals surface area contributed by atoms with E-state index in [1.54, 1.807) is 24.3 Å². The molecule has 1 atom stereocenters. The van der Waals surface area contributed by atoms with Crippen LogP contribution in [-0.4, -0.2) is 10.8 Å². The van der Waals surface area contributed by atoms with E-state index in [1.165, 1.54) is 11.8 Å². The fourth-order valence-corrected chi connectivity index (χ4v) is 3.54. The van der Waals surface area contributed by atoms with Gasteiger partial charge in [0, 0.05) is 11.3 Å². The summed E-state index contributed by atoms with van der Waals surface area (Å²) in [5.74, 6) is -0.512. The zero-order valence-corrected chi connectivity index (χ0v) is 15.5. The first kappa shape index (κ1) is 18.6. The van der Waals surface area contributed by atoms with Crippen LogP contribution in [0.4, 0.5) is 5.69 Å². The van der Waals surface area contributed by atoms with Crippen molar-refractivity contribution in [2.24, 2.45) is 10.9 Å². The second-order valence-electron chi connectivity index (χ2n) is 5.85. The lowest BCUT2D eigenvalue weighted by molar-refractivity contribution is 0.0976. The Bertz CT molecular complexity index is 948. The summed E-state index contributed by atoms with van der Waals surface area (Å²) in [4.78, 5) is 17.5. The van der Waals surface area contributed by atoms with Crippen molar-refractivity contribution in [1.82, 2.24) is 0 Å². The largest absolute Gasteiger partial charge is 0.292 e. The smallest absolute Gasteiger partial charge is 0.186 e. The van der Waals surface area contributed by atoms with Crippen LogP contribution in [0, 0.1) is 17.2 Å². The predicted molar refractivity (Wildman–Crippen MR) is 111 cm³/mol. The highest BCUT2D eigenvalue weighted by molar-refractivity contribution is 8.13. The van der Waals surface area contributed by atoms with Gasteiger partial charge in [0.05, 0.1) is 16.8 Å². The summed E-state index contributed by atoms with van der Waals surface area (Å²) < 4.78 is 0. The number of nitriles is 1. The molecule has 132 valence electrons. The quantitative estimate of drug-likeness (QED) is 0.319. The SMILES string of the molecule is N#CC(C(=O)c1ccccc1)C(=Nc1ccccc1)SCc1ccccc1. The Morgan fingerprint density at radius 2 is 1.44 bits per heavy atom. The van der Waals surface area contributed by atoms with Crippen molar-refractivity contribution in [3.8, 4) is 6.07 Å². The summed E-state index contributed by atoms with van der Waals surface area (Å²) in [5, 5.41) is 10.3. The van der Waals surface area contributed by atoms with Crippen LogP contribution in [0.3, 0.4) is 0 Å². The molecule has 0 bridgehead atoms. The van der Waals surface area contributed by atoms with Crippen LogP contribution in [0.2, 0.25) is 0 Å². The third-order valence-corrected chi connectivity index (χ3v) is 5.02. The van der Waals surface area contributed by atoms with E-state index in [9.17, 15) is 10.1 Å². The van der Waals surface area contributed by atoms with E-state index in [0.717, 1.165) is 11.3 Å². The molecule has 0 radical (unpaired) electrons. The molecule has 0 aliphatic rings. The minimum Gasteiger partial charge on any atom is -0.292 e. The zero-order valence-electron chi connectivity index (χ0n) is 14.7. The van der Waals surface area contributed by atoms with E-state index in [0.29, 0.717) is 16.4 Å². The molecule has 4 heteroatoms. The van der Waals surface area contributed by atoms with Crippen LogP contribution in [0.25, 0.3) is 0 Å². The second kappa shape index (κ2) is 9.51. The number of hydrogen-bond acceptors (Lipinski definition) is 4. The number of ketones is 1. The number of Topliss-reactive ketones (excluding diaryl/α,β-unsaturated/α-hetero) is 1. The zero-order chi connectivity index (χ0) is 18.9. The fraction of sp³-hybridized carbons (Fsp3) is 0.0870. The van der Waals surface area contributed by atoms with Gasteiger partial charge in [-0.05, 0) is 17.7 Å². The van der Waals surface area contributed by atoms with Gasteiger partial charge in [0.25, 0.3) is 0 Å². The Hall–Kier alpha value is -3.16. The molecule has 3 rings (SSSR count). The molecule has 3 aromatic rings. The molecule has 0 aromatic heterocycles. The summed E-state index contributed by atoms with van der Waals surface area (Å²) in [5.41, 5.74) is 2.37. The molecule has 1 unspecified atom stereocenters. The Balaban J connectivity index is 1.91. The van der Waals surface area contributed by atoms with Crippen LogP contribution in [0.15, 0.2) is 96.0 Å². The maximum atomic E-state index is 12.9. The average molecular weight is 370 g/mol. The van der Waals surface area contributed by atoms with E-state index in [1.807, 2.05) is 66.7 Å². The van der Waals surface area contributed by atoms with Crippen molar-refractivity contribution in [2.45, 2.75) is 5.75 Å². The first-order valence-corrected chi connectivity index (χ1v) is 9.55. The summed E-state index contributed by atoms with van der Waals surface area (Å²) in [6, 6.07) is 30.4. The minimum absolute atomic E-state index is 0.228. The van der Waals surface area contributed by atoms with Crippen molar-refractivity contribution in [3.63, 3.8) is 0 Å². The van der Waals surface area contributed by atoms with Crippen LogP contribution in [-0.2, 0) is 5.75 Å². The number of hydrogen-bond donors (Lipinski definition) is 0. The van der Waals surface area contributed by atoms with E-state index in [-0.39, 0.29) is 5.78 Å². The first-order chi connectivity index (χ1) is 13.3. The molecule has 0 spiro atoms. The van der Waals surface area contributed by atoms with Gasteiger partial charge >= 0.3 is 0 Å². The highest BCUT2D eigenvalue weighted by Crippen LogP contribution is 2.25. The van der Waals surface area contributed by atoms with Crippen LogP contribution in [0.1, 0.15) is 15.9 Å². The highest BCUT2D eigenvalue weighted by Gasteiger charge is 2.26. The maximum Gasteiger partial charge on any atom is 0.186 e. The third-order valence-electron chi connectivity index (χ3n) is 3.92. The number of carbonyl (C=O) groups excluding carboxylic acids is 1. The predicted octanol–water partition coefficient (Wildman–Crippen LogP) is 5.67. The van der Waals surface area contributed by atoms with Crippen LogP contribution in [0.5, 0.6) is 0 Å². The molecule has 27 heavy (non-hydrogen) atoms. The number of benzene rings is 3. The molecule has 3 nitrogen and oxygen atoms in total. The van der Waals surface area contributed by atoms with E-state index in [4.69, 9.17) is 0 Å². The normalized spacial score (nSPS) is 12.2. The maximum absolute atomic E-state index is 12.9. The van der Waals surface area contributed by atoms with E-state index >= 15 is 0 Å².